The van der Waals surface area contributed by atoms with Crippen LogP contribution < -0.4 is 5.32 Å². The lowest BCUT2D eigenvalue weighted by Crippen LogP contribution is -2.48. The minimum Gasteiger partial charge on any atom is -0.342 e. The molecule has 0 radical (unpaired) electrons. The molecular weight excluding hydrogens is 344 g/mol. The number of benzene rings is 1. The van der Waals surface area contributed by atoms with Gasteiger partial charge in [-0.05, 0) is 36.2 Å². The van der Waals surface area contributed by atoms with Crippen LogP contribution in [0.5, 0.6) is 0 Å². The van der Waals surface area contributed by atoms with Crippen molar-refractivity contribution < 1.29 is 14.4 Å². The van der Waals surface area contributed by atoms with Crippen molar-refractivity contribution in [3.05, 3.63) is 59.4 Å². The van der Waals surface area contributed by atoms with Gasteiger partial charge in [-0.15, -0.1) is 0 Å². The molecule has 2 heterocycles. The predicted octanol–water partition coefficient (Wildman–Crippen LogP) is 1.81. The summed E-state index contributed by atoms with van der Waals surface area (Å²) >= 11 is 0. The van der Waals surface area contributed by atoms with Crippen LogP contribution in [0.1, 0.15) is 33.5 Å². The second-order valence-electron chi connectivity index (χ2n) is 6.35. The van der Waals surface area contributed by atoms with Gasteiger partial charge in [0.05, 0.1) is 0 Å². The highest BCUT2D eigenvalue weighted by molar-refractivity contribution is 6.03. The molecule has 0 spiro atoms. The fourth-order valence-electron chi connectivity index (χ4n) is 2.89. The van der Waals surface area contributed by atoms with E-state index in [0.29, 0.717) is 31.9 Å². The first-order valence-electron chi connectivity index (χ1n) is 8.96. The summed E-state index contributed by atoms with van der Waals surface area (Å²) < 4.78 is 0. The molecule has 1 fully saturated rings. The number of aromatic nitrogens is 1. The van der Waals surface area contributed by atoms with Gasteiger partial charge in [0.15, 0.2) is 0 Å². The summed E-state index contributed by atoms with van der Waals surface area (Å²) in [5.74, 6) is -0.595. The molecule has 1 saturated heterocycles. The largest absolute Gasteiger partial charge is 0.342 e. The zero-order valence-corrected chi connectivity index (χ0v) is 15.2. The van der Waals surface area contributed by atoms with Gasteiger partial charge in [0, 0.05) is 31.9 Å². The van der Waals surface area contributed by atoms with E-state index in [4.69, 9.17) is 0 Å². The highest BCUT2D eigenvalue weighted by Crippen LogP contribution is 2.12. The molecule has 1 aromatic carbocycles. The molecule has 0 bridgehead atoms. The summed E-state index contributed by atoms with van der Waals surface area (Å²) in [6, 6.07) is 12.4. The van der Waals surface area contributed by atoms with Gasteiger partial charge in [0.1, 0.15) is 11.4 Å². The Morgan fingerprint density at radius 3 is 2.33 bits per heavy atom. The summed E-state index contributed by atoms with van der Waals surface area (Å²) in [6.45, 7) is 3.99. The van der Waals surface area contributed by atoms with Crippen LogP contribution in [0.3, 0.4) is 0 Å². The average Bonchev–Trinajstić information content (AvgIpc) is 2.74. The molecule has 3 amide bonds. The molecular formula is C20H22N4O3. The molecule has 7 nitrogen and oxygen atoms in total. The van der Waals surface area contributed by atoms with Crippen molar-refractivity contribution in [2.45, 2.75) is 13.3 Å². The van der Waals surface area contributed by atoms with E-state index in [-0.39, 0.29) is 23.2 Å². The number of carbonyl (C=O) groups excluding carboxylic acids is 3. The standard InChI is InChI=1S/C20H22N4O3/c1-2-15-6-8-16(9-7-15)21-19(26)17-4-3-5-18(22-17)20(27)24-12-10-23(14-25)11-13-24/h3-9,14H,2,10-13H2,1H3,(H,21,26). The third kappa shape index (κ3) is 4.49. The molecule has 0 atom stereocenters. The molecule has 1 N–H and O–H groups in total. The van der Waals surface area contributed by atoms with Crippen molar-refractivity contribution in [3.8, 4) is 0 Å². The first kappa shape index (κ1) is 18.6. The monoisotopic (exact) mass is 366 g/mol. The van der Waals surface area contributed by atoms with Gasteiger partial charge in [-0.1, -0.05) is 25.1 Å². The minimum atomic E-state index is -0.361. The Hall–Kier alpha value is -3.22. The number of pyridine rings is 1. The first-order valence-corrected chi connectivity index (χ1v) is 8.96. The van der Waals surface area contributed by atoms with Gasteiger partial charge < -0.3 is 15.1 Å². The van der Waals surface area contributed by atoms with Gasteiger partial charge in [0.2, 0.25) is 6.41 Å². The Morgan fingerprint density at radius 2 is 1.70 bits per heavy atom. The van der Waals surface area contributed by atoms with E-state index >= 15 is 0 Å². The third-order valence-electron chi connectivity index (χ3n) is 4.57. The van der Waals surface area contributed by atoms with Gasteiger partial charge >= 0.3 is 0 Å². The van der Waals surface area contributed by atoms with Crippen molar-refractivity contribution >= 4 is 23.9 Å². The minimum absolute atomic E-state index is 0.187. The maximum absolute atomic E-state index is 12.6. The Balaban J connectivity index is 1.68. The average molecular weight is 366 g/mol. The summed E-state index contributed by atoms with van der Waals surface area (Å²) in [7, 11) is 0. The molecule has 0 unspecified atom stereocenters. The molecule has 27 heavy (non-hydrogen) atoms. The van der Waals surface area contributed by atoms with Gasteiger partial charge in [0.25, 0.3) is 11.8 Å². The van der Waals surface area contributed by atoms with Gasteiger partial charge in [-0.25, -0.2) is 4.98 Å². The normalized spacial score (nSPS) is 14.0. The van der Waals surface area contributed by atoms with Crippen molar-refractivity contribution in [2.24, 2.45) is 0 Å². The second-order valence-corrected chi connectivity index (χ2v) is 6.35. The number of hydrogen-bond acceptors (Lipinski definition) is 4. The predicted molar refractivity (Wildman–Crippen MR) is 102 cm³/mol. The SMILES string of the molecule is CCc1ccc(NC(=O)c2cccc(C(=O)N3CCN(C=O)CC3)n2)cc1. The lowest BCUT2D eigenvalue weighted by molar-refractivity contribution is -0.119. The molecule has 3 rings (SSSR count). The molecule has 140 valence electrons. The molecule has 1 aliphatic heterocycles. The molecule has 1 aliphatic rings. The zero-order chi connectivity index (χ0) is 19.2. The van der Waals surface area contributed by atoms with Crippen LogP contribution in [-0.2, 0) is 11.2 Å². The van der Waals surface area contributed by atoms with Crippen molar-refractivity contribution in [3.63, 3.8) is 0 Å². The van der Waals surface area contributed by atoms with Crippen LogP contribution in [0.4, 0.5) is 5.69 Å². The molecule has 0 aliphatic carbocycles. The van der Waals surface area contributed by atoms with E-state index in [2.05, 4.69) is 17.2 Å². The van der Waals surface area contributed by atoms with Crippen LogP contribution in [0.15, 0.2) is 42.5 Å². The van der Waals surface area contributed by atoms with Gasteiger partial charge in [-0.2, -0.15) is 0 Å². The number of aryl methyl sites for hydroxylation is 1. The van der Waals surface area contributed by atoms with Gasteiger partial charge in [-0.3, -0.25) is 14.4 Å². The lowest BCUT2D eigenvalue weighted by atomic mass is 10.1. The topological polar surface area (TPSA) is 82.6 Å². The zero-order valence-electron chi connectivity index (χ0n) is 15.2. The molecule has 7 heteroatoms. The first-order chi connectivity index (χ1) is 13.1. The summed E-state index contributed by atoms with van der Waals surface area (Å²) in [5, 5.41) is 2.80. The number of nitrogens with zero attached hydrogens (tertiary/aromatic N) is 3. The van der Waals surface area contributed by atoms with Crippen LogP contribution in [0, 0.1) is 0 Å². The van der Waals surface area contributed by atoms with Crippen molar-refractivity contribution in [1.29, 1.82) is 0 Å². The number of rotatable bonds is 5. The Kier molecular flexibility index (Phi) is 5.80. The quantitative estimate of drug-likeness (QED) is 0.818. The van der Waals surface area contributed by atoms with Crippen LogP contribution in [0.25, 0.3) is 0 Å². The van der Waals surface area contributed by atoms with E-state index in [1.807, 2.05) is 24.3 Å². The van der Waals surface area contributed by atoms with Crippen molar-refractivity contribution in [1.82, 2.24) is 14.8 Å². The molecule has 0 saturated carbocycles. The van der Waals surface area contributed by atoms with Crippen LogP contribution in [-0.4, -0.2) is 59.2 Å². The Morgan fingerprint density at radius 1 is 1.04 bits per heavy atom. The molecule has 2 aromatic rings. The van der Waals surface area contributed by atoms with E-state index < -0.39 is 0 Å². The summed E-state index contributed by atoms with van der Waals surface area (Å²) in [4.78, 5) is 43.4. The number of hydrogen-bond donors (Lipinski definition) is 1. The summed E-state index contributed by atoms with van der Waals surface area (Å²) in [6.07, 6.45) is 1.72. The number of carbonyl (C=O) groups is 3. The Bertz CT molecular complexity index is 827. The fraction of sp³-hybridized carbons (Fsp3) is 0.300. The molecule has 1 aromatic heterocycles. The lowest BCUT2D eigenvalue weighted by Gasteiger charge is -2.32. The van der Waals surface area contributed by atoms with E-state index in [0.717, 1.165) is 12.8 Å². The Labute approximate surface area is 158 Å². The fourth-order valence-corrected chi connectivity index (χ4v) is 2.89. The number of nitrogens with one attached hydrogen (secondary N) is 1. The van der Waals surface area contributed by atoms with E-state index in [1.165, 1.54) is 5.56 Å². The number of amides is 3. The van der Waals surface area contributed by atoms with E-state index in [9.17, 15) is 14.4 Å². The smallest absolute Gasteiger partial charge is 0.274 e. The highest BCUT2D eigenvalue weighted by Gasteiger charge is 2.23. The summed E-state index contributed by atoms with van der Waals surface area (Å²) in [5.41, 5.74) is 2.28. The third-order valence-corrected chi connectivity index (χ3v) is 4.57. The second kappa shape index (κ2) is 8.44. The maximum atomic E-state index is 12.6. The number of anilines is 1. The van der Waals surface area contributed by atoms with Crippen molar-refractivity contribution in [2.75, 3.05) is 31.5 Å². The van der Waals surface area contributed by atoms with Crippen LogP contribution in [0.2, 0.25) is 0 Å². The van der Waals surface area contributed by atoms with E-state index in [1.54, 1.807) is 28.0 Å². The highest BCUT2D eigenvalue weighted by atomic mass is 16.2. The van der Waals surface area contributed by atoms with Crippen LogP contribution >= 0.6 is 0 Å². The number of piperazine rings is 1. The maximum Gasteiger partial charge on any atom is 0.274 e.